The first kappa shape index (κ1) is 80.6. The Morgan fingerprint density at radius 3 is 1.33 bits per heavy atom. The number of fused-ring (bicyclic) bond motifs is 4. The second kappa shape index (κ2) is 36.5. The topological polar surface area (TPSA) is 402 Å². The molecule has 105 heavy (non-hydrogen) atoms. The van der Waals surface area contributed by atoms with Crippen LogP contribution in [0.15, 0.2) is 143 Å². The monoisotopic (exact) mass is 1470 g/mol. The molecular formula is C72H86ClN15O17. The van der Waals surface area contributed by atoms with Gasteiger partial charge >= 0.3 is 35.8 Å². The maximum Gasteiger partial charge on any atom is 0.408 e. The summed E-state index contributed by atoms with van der Waals surface area (Å²) in [4.78, 5) is 118. The van der Waals surface area contributed by atoms with Gasteiger partial charge in [0.25, 0.3) is 11.8 Å². The van der Waals surface area contributed by atoms with Crippen LogP contribution in [0.4, 0.5) is 27.0 Å². The second-order valence-corrected chi connectivity index (χ2v) is 25.8. The smallest absolute Gasteiger partial charge is 0.408 e. The van der Waals surface area contributed by atoms with E-state index in [9.17, 15) is 38.4 Å². The van der Waals surface area contributed by atoms with Crippen LogP contribution in [0.25, 0.3) is 0 Å². The number of alkyl carbamates (subject to hydrolysis) is 2. The minimum absolute atomic E-state index is 0. The van der Waals surface area contributed by atoms with E-state index in [4.69, 9.17) is 47.7 Å². The normalized spacial score (nSPS) is 19.3. The maximum absolute atomic E-state index is 12.9. The van der Waals surface area contributed by atoms with Crippen LogP contribution in [0.5, 0.6) is 23.0 Å². The molecule has 8 atom stereocenters. The molecule has 0 radical (unpaired) electrons. The van der Waals surface area contributed by atoms with Crippen molar-refractivity contribution in [2.45, 2.75) is 155 Å². The molecule has 0 spiro atoms. The largest absolute Gasteiger partial charge is 0.486 e. The van der Waals surface area contributed by atoms with Gasteiger partial charge < -0.3 is 63.7 Å². The number of ether oxygens (including phenoxy) is 7. The third-order valence-corrected chi connectivity index (χ3v) is 15.3. The zero-order valence-electron chi connectivity index (χ0n) is 60.5. The van der Waals surface area contributed by atoms with Gasteiger partial charge in [-0.1, -0.05) is 60.7 Å². The molecule has 558 valence electrons. The van der Waals surface area contributed by atoms with Crippen molar-refractivity contribution in [1.29, 1.82) is 0 Å². The van der Waals surface area contributed by atoms with Crippen molar-refractivity contribution < 1.29 is 80.3 Å². The molecule has 4 aliphatic heterocycles. The second-order valence-electron chi connectivity index (χ2n) is 25.8. The van der Waals surface area contributed by atoms with Crippen LogP contribution in [0, 0.1) is 0 Å². The minimum atomic E-state index is -0.939. The number of carbonyl (C=O) groups is 8. The highest BCUT2D eigenvalue weighted by atomic mass is 35.5. The fourth-order valence-corrected chi connectivity index (χ4v) is 10.2. The number of Topliss-reactive ketones (excluding diaryl/α,β-unsaturated/α-hetero) is 1. The lowest BCUT2D eigenvalue weighted by Crippen LogP contribution is -2.54. The van der Waals surface area contributed by atoms with Crippen molar-refractivity contribution in [3.63, 3.8) is 0 Å². The number of amides is 6. The van der Waals surface area contributed by atoms with Gasteiger partial charge in [-0.2, -0.15) is 0 Å². The summed E-state index contributed by atoms with van der Waals surface area (Å²) in [6.45, 7) is 19.5. The molecule has 0 bridgehead atoms. The molecule has 12 rings (SSSR count). The highest BCUT2D eigenvalue weighted by Gasteiger charge is 2.40. The van der Waals surface area contributed by atoms with Crippen LogP contribution in [-0.4, -0.2) is 175 Å². The van der Waals surface area contributed by atoms with E-state index in [1.54, 1.807) is 171 Å². The minimum Gasteiger partial charge on any atom is -0.486 e. The van der Waals surface area contributed by atoms with E-state index in [2.05, 4.69) is 56.3 Å². The average molecular weight is 1470 g/mol. The van der Waals surface area contributed by atoms with Crippen LogP contribution in [0.1, 0.15) is 126 Å². The standard InChI is InChI=1S/C20H19N5O4.C15H21N3O4.C15H20N2O4.C12H12N2O3.C10H13N3O2.ClH/c1-12-16(20(27)25(2)17-14(28-12)9-6-10-21-17)22-18(26)19-24-23-15(29-19)11-13-7-4-3-5-8-13;1-9-11(17-14(20)22-15(2,3)4)13(19)18(5)12-10(21-9)7-6-8-16-12;1-9-13(17-14(19)21-15(2,3)4)11(18)8-10-12(20-9)6-5-7-16-10;1-2-16-12(15)11-14-13-10(17-11)8-9-6-4-3-5-7-9;1-6-8(11)10(14)13(2)9-7(15-6)4-3-5-12-9;/h3-10,12,16H,11H2,1-2H3,(H,22,26);6-9,11H,1-5H3,(H,17,20);5-7,9,13H,8H2,1-4H3,(H,17,19);3-7H,2,8H2,1H3;3-6,8H,11H2,1-2H3;1H/t12-,16+;9-,11+;9-,13+;;6-,8+;/m111.1./s1. The summed E-state index contributed by atoms with van der Waals surface area (Å²) >= 11 is 0. The first-order valence-corrected chi connectivity index (χ1v) is 33.1. The van der Waals surface area contributed by atoms with E-state index in [1.807, 2.05) is 60.7 Å². The fraction of sp³-hybridized carbons (Fsp3) is 0.389. The molecule has 5 N–H and O–H groups in total. The molecule has 10 heterocycles. The number of esters is 1. The average Bonchev–Trinajstić information content (AvgIpc) is 1.69. The van der Waals surface area contributed by atoms with Gasteiger partial charge in [0.2, 0.25) is 17.7 Å². The number of anilines is 3. The van der Waals surface area contributed by atoms with E-state index in [0.29, 0.717) is 70.8 Å². The number of aromatic nitrogens is 8. The van der Waals surface area contributed by atoms with Gasteiger partial charge in [0.15, 0.2) is 40.5 Å². The Kier molecular flexibility index (Phi) is 28.0. The number of hydrogen-bond donors (Lipinski definition) is 4. The zero-order chi connectivity index (χ0) is 75.6. The summed E-state index contributed by atoms with van der Waals surface area (Å²) in [5, 5.41) is 23.0. The first-order valence-electron chi connectivity index (χ1n) is 33.1. The molecule has 0 saturated heterocycles. The van der Waals surface area contributed by atoms with Crippen molar-refractivity contribution >= 4 is 77.4 Å². The van der Waals surface area contributed by atoms with Crippen LogP contribution in [0.3, 0.4) is 0 Å². The number of halogens is 1. The quantitative estimate of drug-likeness (QED) is 0.0756. The Bertz CT molecular complexity index is 4290. The third-order valence-electron chi connectivity index (χ3n) is 15.3. The van der Waals surface area contributed by atoms with Crippen molar-refractivity contribution in [3.05, 3.63) is 174 Å². The molecule has 6 amide bonds. The van der Waals surface area contributed by atoms with Crippen LogP contribution in [-0.2, 0) is 52.7 Å². The number of nitrogens with two attached hydrogens (primary N) is 1. The molecule has 4 aliphatic rings. The number of pyridine rings is 4. The van der Waals surface area contributed by atoms with Crippen molar-refractivity contribution in [2.75, 3.05) is 42.4 Å². The van der Waals surface area contributed by atoms with E-state index >= 15 is 0 Å². The molecule has 0 fully saturated rings. The summed E-state index contributed by atoms with van der Waals surface area (Å²) in [5.41, 5.74) is 7.10. The highest BCUT2D eigenvalue weighted by Crippen LogP contribution is 2.33. The number of rotatable bonds is 10. The highest BCUT2D eigenvalue weighted by molar-refractivity contribution is 6.02. The first-order chi connectivity index (χ1) is 49.4. The van der Waals surface area contributed by atoms with Crippen LogP contribution >= 0.6 is 12.4 Å². The van der Waals surface area contributed by atoms with E-state index in [-0.39, 0.29) is 66.8 Å². The fourth-order valence-electron chi connectivity index (χ4n) is 10.2. The van der Waals surface area contributed by atoms with E-state index < -0.39 is 77.7 Å². The molecule has 2 aromatic carbocycles. The lowest BCUT2D eigenvalue weighted by Gasteiger charge is -2.26. The summed E-state index contributed by atoms with van der Waals surface area (Å²) < 4.78 is 48.7. The Morgan fingerprint density at radius 2 is 0.876 bits per heavy atom. The molecule has 8 aromatic rings. The van der Waals surface area contributed by atoms with Gasteiger partial charge in [-0.3, -0.25) is 43.7 Å². The van der Waals surface area contributed by atoms with Gasteiger partial charge in [0.1, 0.15) is 65.5 Å². The van der Waals surface area contributed by atoms with Gasteiger partial charge in [0, 0.05) is 45.9 Å². The number of benzene rings is 2. The van der Waals surface area contributed by atoms with E-state index in [0.717, 1.165) is 11.1 Å². The van der Waals surface area contributed by atoms with Crippen molar-refractivity contribution in [1.82, 2.24) is 56.3 Å². The van der Waals surface area contributed by atoms with E-state index in [1.165, 1.54) is 14.7 Å². The summed E-state index contributed by atoms with van der Waals surface area (Å²) in [6.07, 6.45) is 4.14. The number of nitrogens with one attached hydrogen (secondary N) is 3. The molecular weight excluding hydrogens is 1380 g/mol. The number of carbonyl (C=O) groups excluding carboxylic acids is 8. The molecule has 0 saturated carbocycles. The molecule has 32 nitrogen and oxygen atoms in total. The lowest BCUT2D eigenvalue weighted by molar-refractivity contribution is -0.122. The number of ketones is 1. The summed E-state index contributed by atoms with van der Waals surface area (Å²) in [7, 11) is 4.83. The Balaban J connectivity index is 0.000000186. The Morgan fingerprint density at radius 1 is 0.495 bits per heavy atom. The zero-order valence-corrected chi connectivity index (χ0v) is 61.3. The third kappa shape index (κ3) is 22.4. The lowest BCUT2D eigenvalue weighted by atomic mass is 10.0. The maximum atomic E-state index is 12.9. The summed E-state index contributed by atoms with van der Waals surface area (Å²) in [6, 6.07) is 30.0. The van der Waals surface area contributed by atoms with Gasteiger partial charge in [0.05, 0.1) is 31.6 Å². The van der Waals surface area contributed by atoms with Gasteiger partial charge in [-0.15, -0.1) is 32.8 Å². The Labute approximate surface area is 612 Å². The van der Waals surface area contributed by atoms with Crippen molar-refractivity contribution in [2.24, 2.45) is 5.73 Å². The number of nitrogens with zero attached hydrogens (tertiary/aromatic N) is 11. The SMILES string of the molecule is CCOC(=O)c1nnc(Cc2ccccc2)o1.C[C@H]1Oc2cccnc2CC(=O)[C@H]1NC(=O)OC(C)(C)C.C[C@H]1Oc2cccnc2N(C)C(=O)[C@H]1N.C[C@H]1Oc2cccnc2N(C)C(=O)[C@H]1NC(=O)OC(C)(C)C.C[C@H]1Oc2cccnc2N(C)C(=O)[C@H]1NC(=O)c1nnc(Cc2ccccc2)o1.Cl. The molecule has 6 aromatic heterocycles. The van der Waals surface area contributed by atoms with Gasteiger partial charge in [-0.25, -0.2) is 29.3 Å². The predicted octanol–water partition coefficient (Wildman–Crippen LogP) is 7.60. The van der Waals surface area contributed by atoms with Crippen molar-refractivity contribution in [3.8, 4) is 23.0 Å². The van der Waals surface area contributed by atoms with Gasteiger partial charge in [-0.05, 0) is 136 Å². The summed E-state index contributed by atoms with van der Waals surface area (Å²) in [5.74, 6) is 1.66. The predicted molar refractivity (Wildman–Crippen MR) is 382 cm³/mol. The van der Waals surface area contributed by atoms with Crippen LogP contribution in [0.2, 0.25) is 0 Å². The Hall–Kier alpha value is -11.7. The molecule has 0 aliphatic carbocycles. The number of hydrogen-bond acceptors (Lipinski definition) is 26. The molecule has 33 heteroatoms. The van der Waals surface area contributed by atoms with Crippen LogP contribution < -0.4 is 55.3 Å². The number of likely N-dealkylation sites (N-methyl/N-ethyl adjacent to an activating group) is 3. The molecule has 0 unspecified atom stereocenters.